The topological polar surface area (TPSA) is 52.0 Å². The van der Waals surface area contributed by atoms with E-state index >= 15 is 0 Å². The number of nitrogens with zero attached hydrogens (tertiary/aromatic N) is 3. The number of rotatable bonds is 7. The number of hydrogen-bond donors (Lipinski definition) is 1. The molecule has 0 saturated carbocycles. The van der Waals surface area contributed by atoms with Crippen LogP contribution in [0.15, 0.2) is 30.7 Å². The molecule has 2 rings (SSSR count). The maximum atomic E-state index is 5.68. The van der Waals surface area contributed by atoms with Crippen molar-refractivity contribution >= 4 is 0 Å². The van der Waals surface area contributed by atoms with Gasteiger partial charge in [-0.15, -0.1) is 0 Å². The van der Waals surface area contributed by atoms with Gasteiger partial charge >= 0.3 is 0 Å². The molecule has 0 aliphatic carbocycles. The highest BCUT2D eigenvalue weighted by Crippen LogP contribution is 2.10. The minimum absolute atomic E-state index is 0.463. The minimum Gasteiger partial charge on any atom is -0.492 e. The van der Waals surface area contributed by atoms with Gasteiger partial charge in [0.1, 0.15) is 11.6 Å². The zero-order valence-corrected chi connectivity index (χ0v) is 12.3. The van der Waals surface area contributed by atoms with E-state index in [1.54, 1.807) is 12.4 Å². The van der Waals surface area contributed by atoms with Gasteiger partial charge in [0.15, 0.2) is 0 Å². The highest BCUT2D eigenvalue weighted by atomic mass is 16.5. The van der Waals surface area contributed by atoms with Crippen molar-refractivity contribution in [3.05, 3.63) is 42.2 Å². The van der Waals surface area contributed by atoms with E-state index in [1.165, 1.54) is 0 Å². The van der Waals surface area contributed by atoms with E-state index < -0.39 is 0 Å². The van der Waals surface area contributed by atoms with Crippen LogP contribution in [0.2, 0.25) is 0 Å². The summed E-state index contributed by atoms with van der Waals surface area (Å²) in [6.45, 7) is 5.63. The molecule has 0 bridgehead atoms. The lowest BCUT2D eigenvalue weighted by Crippen LogP contribution is -2.22. The molecule has 0 aromatic carbocycles. The first kappa shape index (κ1) is 14.5. The minimum atomic E-state index is 0.463. The summed E-state index contributed by atoms with van der Waals surface area (Å²) in [7, 11) is 1.99. The Labute approximate surface area is 120 Å². The smallest absolute Gasteiger partial charge is 0.137 e. The molecular weight excluding hydrogens is 252 g/mol. The van der Waals surface area contributed by atoms with Crippen LogP contribution in [0, 0.1) is 0 Å². The van der Waals surface area contributed by atoms with Crippen LogP contribution in [0.4, 0.5) is 0 Å². The summed E-state index contributed by atoms with van der Waals surface area (Å²) in [5.41, 5.74) is 1.02. The highest BCUT2D eigenvalue weighted by Gasteiger charge is 2.01. The maximum Gasteiger partial charge on any atom is 0.137 e. The van der Waals surface area contributed by atoms with Crippen LogP contribution in [0.5, 0.6) is 5.75 Å². The first-order chi connectivity index (χ1) is 9.65. The van der Waals surface area contributed by atoms with E-state index in [0.717, 1.165) is 30.2 Å². The van der Waals surface area contributed by atoms with Gasteiger partial charge in [0, 0.05) is 38.4 Å². The second kappa shape index (κ2) is 7.05. The van der Waals surface area contributed by atoms with E-state index in [1.807, 2.05) is 29.9 Å². The van der Waals surface area contributed by atoms with Crippen molar-refractivity contribution in [3.8, 4) is 5.75 Å². The van der Waals surface area contributed by atoms with E-state index in [0.29, 0.717) is 12.6 Å². The summed E-state index contributed by atoms with van der Waals surface area (Å²) in [4.78, 5) is 8.64. The summed E-state index contributed by atoms with van der Waals surface area (Å²) >= 11 is 0. The van der Waals surface area contributed by atoms with E-state index in [-0.39, 0.29) is 0 Å². The number of imidazole rings is 1. The molecule has 1 N–H and O–H groups in total. The number of hydrogen-bond acceptors (Lipinski definition) is 4. The lowest BCUT2D eigenvalue weighted by atomic mass is 10.3. The average molecular weight is 274 g/mol. The number of pyridine rings is 1. The zero-order valence-electron chi connectivity index (χ0n) is 12.3. The van der Waals surface area contributed by atoms with Gasteiger partial charge < -0.3 is 14.6 Å². The van der Waals surface area contributed by atoms with Gasteiger partial charge in [-0.2, -0.15) is 0 Å². The summed E-state index contributed by atoms with van der Waals surface area (Å²) in [6, 6.07) is 4.42. The molecule has 0 radical (unpaired) electrons. The van der Waals surface area contributed by atoms with Crippen LogP contribution < -0.4 is 10.1 Å². The Bertz CT molecular complexity index is 519. The van der Waals surface area contributed by atoms with Crippen molar-refractivity contribution in [1.82, 2.24) is 19.9 Å². The van der Waals surface area contributed by atoms with Gasteiger partial charge in [-0.25, -0.2) is 4.98 Å². The Hall–Kier alpha value is -1.88. The van der Waals surface area contributed by atoms with Crippen molar-refractivity contribution in [2.75, 3.05) is 6.61 Å². The number of aromatic nitrogens is 3. The normalized spacial score (nSPS) is 11.0. The van der Waals surface area contributed by atoms with E-state index in [2.05, 4.69) is 29.1 Å². The van der Waals surface area contributed by atoms with Crippen molar-refractivity contribution in [1.29, 1.82) is 0 Å². The van der Waals surface area contributed by atoms with Gasteiger partial charge in [0.2, 0.25) is 0 Å². The lowest BCUT2D eigenvalue weighted by molar-refractivity contribution is 0.316. The predicted molar refractivity (Wildman–Crippen MR) is 78.6 cm³/mol. The van der Waals surface area contributed by atoms with Crippen molar-refractivity contribution in [2.45, 2.75) is 32.9 Å². The van der Waals surface area contributed by atoms with Crippen LogP contribution in [0.1, 0.15) is 25.4 Å². The Morgan fingerprint density at radius 2 is 2.15 bits per heavy atom. The molecule has 2 aromatic rings. The predicted octanol–water partition coefficient (Wildman–Crippen LogP) is 1.93. The van der Waals surface area contributed by atoms with E-state index in [9.17, 15) is 0 Å². The SMILES string of the molecule is CC(C)NCc1ccc(OCCc2nccn2C)cn1. The fraction of sp³-hybridized carbons (Fsp3) is 0.467. The van der Waals surface area contributed by atoms with Crippen LogP contribution in [0.25, 0.3) is 0 Å². The molecule has 0 amide bonds. The Morgan fingerprint density at radius 1 is 1.30 bits per heavy atom. The molecule has 0 aliphatic rings. The van der Waals surface area contributed by atoms with Crippen LogP contribution >= 0.6 is 0 Å². The van der Waals surface area contributed by atoms with Crippen LogP contribution in [-0.2, 0) is 20.0 Å². The quantitative estimate of drug-likeness (QED) is 0.838. The van der Waals surface area contributed by atoms with Gasteiger partial charge in [0.25, 0.3) is 0 Å². The molecule has 108 valence electrons. The molecule has 2 aromatic heterocycles. The zero-order chi connectivity index (χ0) is 14.4. The lowest BCUT2D eigenvalue weighted by Gasteiger charge is -2.09. The third-order valence-electron chi connectivity index (χ3n) is 3.00. The van der Waals surface area contributed by atoms with Crippen LogP contribution in [0.3, 0.4) is 0 Å². The standard InChI is InChI=1S/C15H22N4O/c1-12(2)17-10-13-4-5-14(11-18-13)20-9-6-15-16-7-8-19(15)3/h4-5,7-8,11-12,17H,6,9-10H2,1-3H3. The summed E-state index contributed by atoms with van der Waals surface area (Å²) in [5, 5.41) is 3.33. The van der Waals surface area contributed by atoms with Crippen molar-refractivity contribution < 1.29 is 4.74 Å². The number of aryl methyl sites for hydroxylation is 1. The molecular formula is C15H22N4O. The molecule has 0 unspecified atom stereocenters. The Kier molecular flexibility index (Phi) is 5.12. The average Bonchev–Trinajstić information content (AvgIpc) is 2.83. The molecule has 0 spiro atoms. The van der Waals surface area contributed by atoms with Crippen LogP contribution in [-0.4, -0.2) is 27.2 Å². The fourth-order valence-electron chi connectivity index (χ4n) is 1.81. The summed E-state index contributed by atoms with van der Waals surface area (Å²) < 4.78 is 7.68. The van der Waals surface area contributed by atoms with Gasteiger partial charge in [-0.3, -0.25) is 4.98 Å². The Balaban J connectivity index is 1.77. The monoisotopic (exact) mass is 274 g/mol. The third kappa shape index (κ3) is 4.35. The third-order valence-corrected chi connectivity index (χ3v) is 3.00. The molecule has 0 fully saturated rings. The second-order valence-electron chi connectivity index (χ2n) is 5.07. The first-order valence-electron chi connectivity index (χ1n) is 6.92. The molecule has 0 aliphatic heterocycles. The maximum absolute atomic E-state index is 5.68. The molecule has 5 nitrogen and oxygen atoms in total. The molecule has 2 heterocycles. The molecule has 5 heteroatoms. The van der Waals surface area contributed by atoms with Crippen molar-refractivity contribution in [3.63, 3.8) is 0 Å². The van der Waals surface area contributed by atoms with Gasteiger partial charge in [-0.05, 0) is 12.1 Å². The molecule has 20 heavy (non-hydrogen) atoms. The van der Waals surface area contributed by atoms with Gasteiger partial charge in [0.05, 0.1) is 18.5 Å². The summed E-state index contributed by atoms with van der Waals surface area (Å²) in [5.74, 6) is 1.82. The van der Waals surface area contributed by atoms with E-state index in [4.69, 9.17) is 4.74 Å². The number of nitrogens with one attached hydrogen (secondary N) is 1. The van der Waals surface area contributed by atoms with Crippen molar-refractivity contribution in [2.24, 2.45) is 7.05 Å². The fourth-order valence-corrected chi connectivity index (χ4v) is 1.81. The second-order valence-corrected chi connectivity index (χ2v) is 5.07. The van der Waals surface area contributed by atoms with Gasteiger partial charge in [-0.1, -0.05) is 13.8 Å². The first-order valence-corrected chi connectivity index (χ1v) is 6.92. The number of ether oxygens (including phenoxy) is 1. The molecule has 0 saturated heterocycles. The largest absolute Gasteiger partial charge is 0.492 e. The Morgan fingerprint density at radius 3 is 2.75 bits per heavy atom. The molecule has 0 atom stereocenters. The highest BCUT2D eigenvalue weighted by molar-refractivity contribution is 5.19. The summed E-state index contributed by atoms with van der Waals surface area (Å²) in [6.07, 6.45) is 6.30.